The molecular weight excluding hydrogens is 397 g/mol. The highest BCUT2D eigenvalue weighted by atomic mass is 79.9. The van der Waals surface area contributed by atoms with Gasteiger partial charge in [0, 0.05) is 27.7 Å². The van der Waals surface area contributed by atoms with E-state index in [1.54, 1.807) is 6.07 Å². The zero-order valence-corrected chi connectivity index (χ0v) is 16.1. The molecular formula is C20H19BrFN3O. The number of hydrogen-bond donors (Lipinski definition) is 0. The number of halogens is 2. The second kappa shape index (κ2) is 6.83. The van der Waals surface area contributed by atoms with Crippen molar-refractivity contribution in [3.63, 3.8) is 0 Å². The summed E-state index contributed by atoms with van der Waals surface area (Å²) in [6, 6.07) is 8.80. The zero-order chi connectivity index (χ0) is 18.3. The lowest BCUT2D eigenvalue weighted by molar-refractivity contribution is 0.297. The number of ether oxygens (including phenoxy) is 1. The predicted octanol–water partition coefficient (Wildman–Crippen LogP) is 5.57. The van der Waals surface area contributed by atoms with Gasteiger partial charge in [0.2, 0.25) is 0 Å². The van der Waals surface area contributed by atoms with Crippen molar-refractivity contribution in [1.82, 2.24) is 14.6 Å². The molecule has 4 rings (SSSR count). The van der Waals surface area contributed by atoms with E-state index in [0.717, 1.165) is 18.5 Å². The number of rotatable bonds is 5. The van der Waals surface area contributed by atoms with Crippen molar-refractivity contribution in [3.05, 3.63) is 58.6 Å². The van der Waals surface area contributed by atoms with E-state index < -0.39 is 0 Å². The normalized spacial score (nSPS) is 14.4. The van der Waals surface area contributed by atoms with Crippen molar-refractivity contribution in [3.8, 4) is 11.3 Å². The Balaban J connectivity index is 1.86. The van der Waals surface area contributed by atoms with E-state index in [-0.39, 0.29) is 5.82 Å². The van der Waals surface area contributed by atoms with Gasteiger partial charge in [-0.3, -0.25) is 0 Å². The molecule has 4 nitrogen and oxygen atoms in total. The summed E-state index contributed by atoms with van der Waals surface area (Å²) < 4.78 is 22.4. The molecule has 134 valence electrons. The van der Waals surface area contributed by atoms with Gasteiger partial charge in [0.05, 0.1) is 12.3 Å². The van der Waals surface area contributed by atoms with Crippen LogP contribution in [0.2, 0.25) is 0 Å². The van der Waals surface area contributed by atoms with Crippen molar-refractivity contribution < 1.29 is 9.13 Å². The monoisotopic (exact) mass is 415 g/mol. The second-order valence-corrected chi connectivity index (χ2v) is 7.39. The molecule has 0 bridgehead atoms. The van der Waals surface area contributed by atoms with Gasteiger partial charge in [-0.05, 0) is 44.0 Å². The average Bonchev–Trinajstić information content (AvgIpc) is 2.97. The Morgan fingerprint density at radius 1 is 1.35 bits per heavy atom. The molecule has 1 aromatic carbocycles. The average molecular weight is 416 g/mol. The standard InChI is InChI=1S/C20H19BrFN3O/c1-3-26-12(2)17-10-19(13-5-4-6-13)25-20(23-17)11-18(24-25)15-8-7-14(21)9-16(15)22/h7-11,13H,2-6H2,1H3. The van der Waals surface area contributed by atoms with E-state index in [4.69, 9.17) is 4.74 Å². The van der Waals surface area contributed by atoms with Crippen LogP contribution in [0.15, 0.2) is 41.4 Å². The summed E-state index contributed by atoms with van der Waals surface area (Å²) in [4.78, 5) is 4.63. The van der Waals surface area contributed by atoms with Crippen LogP contribution in [0, 0.1) is 5.82 Å². The fraction of sp³-hybridized carbons (Fsp3) is 0.300. The summed E-state index contributed by atoms with van der Waals surface area (Å²) in [5.74, 6) is 0.677. The van der Waals surface area contributed by atoms with Gasteiger partial charge in [-0.25, -0.2) is 13.9 Å². The number of aromatic nitrogens is 3. The molecule has 0 spiro atoms. The zero-order valence-electron chi connectivity index (χ0n) is 14.5. The lowest BCUT2D eigenvalue weighted by Gasteiger charge is -2.26. The van der Waals surface area contributed by atoms with Gasteiger partial charge in [0.1, 0.15) is 17.3 Å². The molecule has 1 saturated carbocycles. The highest BCUT2D eigenvalue weighted by molar-refractivity contribution is 9.10. The first kappa shape index (κ1) is 17.2. The van der Waals surface area contributed by atoms with Gasteiger partial charge >= 0.3 is 0 Å². The van der Waals surface area contributed by atoms with Crippen LogP contribution in [0.3, 0.4) is 0 Å². The Morgan fingerprint density at radius 3 is 2.81 bits per heavy atom. The van der Waals surface area contributed by atoms with Gasteiger partial charge in [-0.2, -0.15) is 5.10 Å². The molecule has 0 aliphatic heterocycles. The van der Waals surface area contributed by atoms with Crippen LogP contribution in [0.25, 0.3) is 22.7 Å². The van der Waals surface area contributed by atoms with E-state index in [2.05, 4.69) is 32.6 Å². The largest absolute Gasteiger partial charge is 0.492 e. The predicted molar refractivity (Wildman–Crippen MR) is 103 cm³/mol. The van der Waals surface area contributed by atoms with E-state index in [0.29, 0.717) is 45.4 Å². The minimum atomic E-state index is -0.313. The minimum absolute atomic E-state index is 0.313. The first-order valence-electron chi connectivity index (χ1n) is 8.75. The molecule has 2 aromatic heterocycles. The Bertz CT molecular complexity index is 994. The van der Waals surface area contributed by atoms with Crippen LogP contribution in [-0.4, -0.2) is 21.2 Å². The minimum Gasteiger partial charge on any atom is -0.492 e. The molecule has 0 unspecified atom stereocenters. The van der Waals surface area contributed by atoms with Crippen molar-refractivity contribution in [2.45, 2.75) is 32.1 Å². The molecule has 0 amide bonds. The highest BCUT2D eigenvalue weighted by Gasteiger charge is 2.25. The van der Waals surface area contributed by atoms with Gasteiger partial charge in [-0.1, -0.05) is 28.9 Å². The molecule has 3 aromatic rings. The lowest BCUT2D eigenvalue weighted by Crippen LogP contribution is -2.15. The van der Waals surface area contributed by atoms with Crippen LogP contribution < -0.4 is 0 Å². The highest BCUT2D eigenvalue weighted by Crippen LogP contribution is 2.37. The number of hydrogen-bond acceptors (Lipinski definition) is 3. The molecule has 2 heterocycles. The SMILES string of the molecule is C=C(OCC)c1cc(C2CCC2)n2nc(-c3ccc(Br)cc3F)cc2n1. The molecule has 0 atom stereocenters. The van der Waals surface area contributed by atoms with Crippen LogP contribution in [0.5, 0.6) is 0 Å². The quantitative estimate of drug-likeness (QED) is 0.511. The summed E-state index contributed by atoms with van der Waals surface area (Å²) >= 11 is 3.29. The first-order chi connectivity index (χ1) is 12.6. The third kappa shape index (κ3) is 3.03. The number of benzene rings is 1. The van der Waals surface area contributed by atoms with E-state index in [9.17, 15) is 4.39 Å². The Morgan fingerprint density at radius 2 is 2.15 bits per heavy atom. The van der Waals surface area contributed by atoms with Gasteiger partial charge in [-0.15, -0.1) is 0 Å². The summed E-state index contributed by atoms with van der Waals surface area (Å²) in [5.41, 5.74) is 3.51. The Hall–Kier alpha value is -2.21. The third-order valence-corrected chi connectivity index (χ3v) is 5.28. The second-order valence-electron chi connectivity index (χ2n) is 6.47. The van der Waals surface area contributed by atoms with Crippen molar-refractivity contribution in [2.75, 3.05) is 6.61 Å². The van der Waals surface area contributed by atoms with Crippen LogP contribution in [0.4, 0.5) is 4.39 Å². The maximum absolute atomic E-state index is 14.4. The Kier molecular flexibility index (Phi) is 4.53. The molecule has 1 aliphatic rings. The maximum Gasteiger partial charge on any atom is 0.156 e. The molecule has 0 N–H and O–H groups in total. The summed E-state index contributed by atoms with van der Waals surface area (Å²) in [6.07, 6.45) is 3.47. The van der Waals surface area contributed by atoms with Gasteiger partial charge < -0.3 is 4.74 Å². The van der Waals surface area contributed by atoms with Crippen molar-refractivity contribution >= 4 is 27.3 Å². The van der Waals surface area contributed by atoms with E-state index >= 15 is 0 Å². The molecule has 26 heavy (non-hydrogen) atoms. The van der Waals surface area contributed by atoms with Crippen LogP contribution in [0.1, 0.15) is 43.5 Å². The van der Waals surface area contributed by atoms with Gasteiger partial charge in [0.25, 0.3) is 0 Å². The Labute approximate surface area is 159 Å². The number of fused-ring (bicyclic) bond motifs is 1. The molecule has 6 heteroatoms. The van der Waals surface area contributed by atoms with Crippen molar-refractivity contribution in [1.29, 1.82) is 0 Å². The van der Waals surface area contributed by atoms with E-state index in [1.165, 1.54) is 12.5 Å². The maximum atomic E-state index is 14.4. The fourth-order valence-corrected chi connectivity index (χ4v) is 3.55. The summed E-state index contributed by atoms with van der Waals surface area (Å²) in [5, 5.41) is 4.65. The summed E-state index contributed by atoms with van der Waals surface area (Å²) in [6.45, 7) is 6.44. The van der Waals surface area contributed by atoms with Crippen LogP contribution >= 0.6 is 15.9 Å². The molecule has 1 aliphatic carbocycles. The van der Waals surface area contributed by atoms with E-state index in [1.807, 2.05) is 29.6 Å². The lowest BCUT2D eigenvalue weighted by atomic mass is 9.82. The topological polar surface area (TPSA) is 39.4 Å². The van der Waals surface area contributed by atoms with Crippen LogP contribution in [-0.2, 0) is 4.74 Å². The molecule has 0 radical (unpaired) electrons. The van der Waals surface area contributed by atoms with Crippen molar-refractivity contribution in [2.24, 2.45) is 0 Å². The molecule has 0 saturated heterocycles. The third-order valence-electron chi connectivity index (χ3n) is 4.79. The number of nitrogens with zero attached hydrogens (tertiary/aromatic N) is 3. The summed E-state index contributed by atoms with van der Waals surface area (Å²) in [7, 11) is 0. The molecule has 1 fully saturated rings. The fourth-order valence-electron chi connectivity index (χ4n) is 3.21. The smallest absolute Gasteiger partial charge is 0.156 e. The van der Waals surface area contributed by atoms with Gasteiger partial charge in [0.15, 0.2) is 5.65 Å². The first-order valence-corrected chi connectivity index (χ1v) is 9.54.